The molecule has 0 saturated heterocycles. The van der Waals surface area contributed by atoms with Gasteiger partial charge in [0.05, 0.1) is 5.92 Å². The fourth-order valence-electron chi connectivity index (χ4n) is 2.50. The van der Waals surface area contributed by atoms with E-state index >= 15 is 0 Å². The van der Waals surface area contributed by atoms with Gasteiger partial charge in [-0.25, -0.2) is 0 Å². The van der Waals surface area contributed by atoms with Gasteiger partial charge in [0.15, 0.2) is 5.76 Å². The molecule has 2 N–H and O–H groups in total. The number of carbonyl (C=O) groups excluding carboxylic acids is 1. The normalized spacial score (nSPS) is 23.9. The molecular weight excluding hydrogens is 216 g/mol. The fourth-order valence-corrected chi connectivity index (χ4v) is 2.50. The summed E-state index contributed by atoms with van der Waals surface area (Å²) in [6, 6.07) is 9.45. The SMILES string of the molecule is CC1(C)CC(=O)C(O)=C(O)C1c1ccccc1. The van der Waals surface area contributed by atoms with Crippen LogP contribution in [-0.4, -0.2) is 16.0 Å². The van der Waals surface area contributed by atoms with Crippen molar-refractivity contribution in [2.24, 2.45) is 5.41 Å². The van der Waals surface area contributed by atoms with E-state index in [4.69, 9.17) is 0 Å². The van der Waals surface area contributed by atoms with Crippen LogP contribution in [0.2, 0.25) is 0 Å². The Morgan fingerprint density at radius 2 is 1.76 bits per heavy atom. The van der Waals surface area contributed by atoms with Crippen LogP contribution in [0.4, 0.5) is 0 Å². The number of hydrogen-bond acceptors (Lipinski definition) is 3. The Bertz CT molecular complexity index is 472. The van der Waals surface area contributed by atoms with Crippen LogP contribution in [0.5, 0.6) is 0 Å². The van der Waals surface area contributed by atoms with E-state index in [2.05, 4.69) is 0 Å². The first-order chi connectivity index (χ1) is 7.93. The molecule has 17 heavy (non-hydrogen) atoms. The molecule has 0 spiro atoms. The lowest BCUT2D eigenvalue weighted by Gasteiger charge is -2.37. The first kappa shape index (κ1) is 11.7. The van der Waals surface area contributed by atoms with Crippen LogP contribution in [0, 0.1) is 5.41 Å². The summed E-state index contributed by atoms with van der Waals surface area (Å²) in [5, 5.41) is 19.6. The number of ketones is 1. The maximum atomic E-state index is 11.5. The number of Topliss-reactive ketones (excluding diaryl/α,β-unsaturated/α-hetero) is 1. The van der Waals surface area contributed by atoms with E-state index in [1.165, 1.54) is 0 Å². The molecule has 1 aliphatic rings. The van der Waals surface area contributed by atoms with E-state index in [9.17, 15) is 15.0 Å². The molecular formula is C14H16O3. The van der Waals surface area contributed by atoms with Gasteiger partial charge in [0.2, 0.25) is 5.78 Å². The van der Waals surface area contributed by atoms with Crippen LogP contribution in [0.15, 0.2) is 41.9 Å². The zero-order chi connectivity index (χ0) is 12.6. The molecule has 1 aromatic rings. The molecule has 3 heteroatoms. The van der Waals surface area contributed by atoms with E-state index in [1.54, 1.807) is 0 Å². The highest BCUT2D eigenvalue weighted by atomic mass is 16.3. The molecule has 0 radical (unpaired) electrons. The summed E-state index contributed by atoms with van der Waals surface area (Å²) in [5.41, 5.74) is 0.517. The number of hydrogen-bond donors (Lipinski definition) is 2. The smallest absolute Gasteiger partial charge is 0.201 e. The number of aliphatic hydroxyl groups excluding tert-OH is 2. The lowest BCUT2D eigenvalue weighted by Crippen LogP contribution is -2.33. The van der Waals surface area contributed by atoms with Crippen LogP contribution in [-0.2, 0) is 4.79 Å². The predicted molar refractivity (Wildman–Crippen MR) is 64.9 cm³/mol. The molecule has 90 valence electrons. The number of aliphatic hydroxyl groups is 2. The third-order valence-electron chi connectivity index (χ3n) is 3.31. The van der Waals surface area contributed by atoms with Gasteiger partial charge >= 0.3 is 0 Å². The molecule has 0 saturated carbocycles. The number of rotatable bonds is 1. The van der Waals surface area contributed by atoms with Crippen LogP contribution >= 0.6 is 0 Å². The van der Waals surface area contributed by atoms with Crippen LogP contribution in [0.3, 0.4) is 0 Å². The predicted octanol–water partition coefficient (Wildman–Crippen LogP) is 3.10. The maximum Gasteiger partial charge on any atom is 0.201 e. The molecule has 0 aromatic heterocycles. The molecule has 0 amide bonds. The molecule has 3 nitrogen and oxygen atoms in total. The molecule has 1 unspecified atom stereocenters. The number of benzene rings is 1. The maximum absolute atomic E-state index is 11.5. The van der Waals surface area contributed by atoms with Crippen molar-refractivity contribution in [1.29, 1.82) is 0 Å². The Balaban J connectivity index is 2.54. The number of allylic oxidation sites excluding steroid dienone is 2. The van der Waals surface area contributed by atoms with E-state index in [0.717, 1.165) is 5.56 Å². The standard InChI is InChI=1S/C14H16O3/c1-14(2)8-10(15)12(16)13(17)11(14)9-6-4-3-5-7-9/h3-7,11,16-17H,8H2,1-2H3. The van der Waals surface area contributed by atoms with Gasteiger partial charge in [0, 0.05) is 6.42 Å². The summed E-state index contributed by atoms with van der Waals surface area (Å²) in [7, 11) is 0. The zero-order valence-corrected chi connectivity index (χ0v) is 9.97. The van der Waals surface area contributed by atoms with Crippen molar-refractivity contribution in [2.45, 2.75) is 26.2 Å². The van der Waals surface area contributed by atoms with Crippen molar-refractivity contribution in [3.63, 3.8) is 0 Å². The highest BCUT2D eigenvalue weighted by Crippen LogP contribution is 2.46. The first-order valence-corrected chi connectivity index (χ1v) is 5.64. The third kappa shape index (κ3) is 1.93. The topological polar surface area (TPSA) is 57.5 Å². The zero-order valence-electron chi connectivity index (χ0n) is 9.97. The first-order valence-electron chi connectivity index (χ1n) is 5.64. The van der Waals surface area contributed by atoms with Gasteiger partial charge in [-0.05, 0) is 11.0 Å². The summed E-state index contributed by atoms with van der Waals surface area (Å²) in [6.07, 6.45) is 0.239. The van der Waals surface area contributed by atoms with Crippen molar-refractivity contribution in [3.8, 4) is 0 Å². The van der Waals surface area contributed by atoms with Gasteiger partial charge in [0.25, 0.3) is 0 Å². The minimum Gasteiger partial charge on any atom is -0.508 e. The molecule has 0 fully saturated rings. The summed E-state index contributed by atoms with van der Waals surface area (Å²) in [5.74, 6) is -1.42. The van der Waals surface area contributed by atoms with Gasteiger partial charge in [-0.1, -0.05) is 44.2 Å². The van der Waals surface area contributed by atoms with Crippen molar-refractivity contribution < 1.29 is 15.0 Å². The molecule has 0 aliphatic heterocycles. The van der Waals surface area contributed by atoms with Crippen LogP contribution in [0.1, 0.15) is 31.7 Å². The Morgan fingerprint density at radius 1 is 1.18 bits per heavy atom. The van der Waals surface area contributed by atoms with E-state index in [1.807, 2.05) is 44.2 Å². The lowest BCUT2D eigenvalue weighted by molar-refractivity contribution is -0.121. The van der Waals surface area contributed by atoms with Gasteiger partial charge in [0.1, 0.15) is 5.76 Å². The molecule has 0 bridgehead atoms. The highest BCUT2D eigenvalue weighted by molar-refractivity contribution is 5.95. The summed E-state index contributed by atoms with van der Waals surface area (Å²) in [6.45, 7) is 3.84. The minimum atomic E-state index is -0.488. The van der Waals surface area contributed by atoms with Crippen molar-refractivity contribution in [3.05, 3.63) is 47.4 Å². The molecule has 1 aromatic carbocycles. The Hall–Kier alpha value is -1.77. The highest BCUT2D eigenvalue weighted by Gasteiger charge is 2.42. The lowest BCUT2D eigenvalue weighted by atomic mass is 9.67. The summed E-state index contributed by atoms with van der Waals surface area (Å²) >= 11 is 0. The van der Waals surface area contributed by atoms with Crippen molar-refractivity contribution in [2.75, 3.05) is 0 Å². The van der Waals surface area contributed by atoms with Gasteiger partial charge in [-0.15, -0.1) is 0 Å². The second-order valence-corrected chi connectivity index (χ2v) is 5.17. The van der Waals surface area contributed by atoms with Crippen molar-refractivity contribution in [1.82, 2.24) is 0 Å². The average molecular weight is 232 g/mol. The Kier molecular flexibility index (Phi) is 2.69. The molecule has 1 aliphatic carbocycles. The summed E-state index contributed by atoms with van der Waals surface area (Å²) < 4.78 is 0. The fraction of sp³-hybridized carbons (Fsp3) is 0.357. The molecule has 2 rings (SSSR count). The van der Waals surface area contributed by atoms with Crippen molar-refractivity contribution >= 4 is 5.78 Å². The van der Waals surface area contributed by atoms with Gasteiger partial charge in [-0.3, -0.25) is 4.79 Å². The van der Waals surface area contributed by atoms with Crippen LogP contribution < -0.4 is 0 Å². The number of carbonyl (C=O) groups is 1. The Morgan fingerprint density at radius 3 is 2.35 bits per heavy atom. The average Bonchev–Trinajstić information content (AvgIpc) is 2.27. The van der Waals surface area contributed by atoms with E-state index in [0.29, 0.717) is 0 Å². The van der Waals surface area contributed by atoms with Gasteiger partial charge in [-0.2, -0.15) is 0 Å². The molecule has 1 atom stereocenters. The molecule has 0 heterocycles. The third-order valence-corrected chi connectivity index (χ3v) is 3.31. The van der Waals surface area contributed by atoms with Gasteiger partial charge < -0.3 is 10.2 Å². The largest absolute Gasteiger partial charge is 0.508 e. The minimum absolute atomic E-state index is 0.211. The quantitative estimate of drug-likeness (QED) is 0.782. The monoisotopic (exact) mass is 232 g/mol. The van der Waals surface area contributed by atoms with E-state index < -0.39 is 11.2 Å². The second kappa shape index (κ2) is 3.91. The summed E-state index contributed by atoms with van der Waals surface area (Å²) in [4.78, 5) is 11.5. The van der Waals surface area contributed by atoms with E-state index in [-0.39, 0.29) is 23.9 Å². The Labute approximate surface area is 100 Å². The van der Waals surface area contributed by atoms with Crippen LogP contribution in [0.25, 0.3) is 0 Å². The second-order valence-electron chi connectivity index (χ2n) is 5.17.